The van der Waals surface area contributed by atoms with E-state index in [1.54, 1.807) is 0 Å². The molecule has 206 valence electrons. The maximum atomic E-state index is 12.9. The van der Waals surface area contributed by atoms with Gasteiger partial charge in [0.1, 0.15) is 12.7 Å². The van der Waals surface area contributed by atoms with Gasteiger partial charge in [0.15, 0.2) is 29.7 Å². The summed E-state index contributed by atoms with van der Waals surface area (Å²) in [7, 11) is 0. The lowest BCUT2D eigenvalue weighted by molar-refractivity contribution is -0.247. The van der Waals surface area contributed by atoms with E-state index in [2.05, 4.69) is 10.3 Å². The first-order chi connectivity index (χ1) is 20.6. The van der Waals surface area contributed by atoms with Crippen molar-refractivity contribution in [3.8, 4) is 6.07 Å². The summed E-state index contributed by atoms with van der Waals surface area (Å²) in [4.78, 5) is 65.5. The summed E-state index contributed by atoms with van der Waals surface area (Å²) in [5.41, 5.74) is 0.643. The van der Waals surface area contributed by atoms with Gasteiger partial charge in [-0.1, -0.05) is 11.3 Å². The van der Waals surface area contributed by atoms with Crippen LogP contribution in [0.3, 0.4) is 0 Å². The number of anilines is 1. The van der Waals surface area contributed by atoms with Crippen LogP contribution in [0.5, 0.6) is 0 Å². The van der Waals surface area contributed by atoms with E-state index in [4.69, 9.17) is 34.4 Å². The Hall–Kier alpha value is -4.35. The Bertz CT molecular complexity index is 1370. The molecule has 1 aliphatic heterocycles. The molecule has 0 radical (unpaired) electrons. The number of esters is 4. The number of hydrogen-bond acceptors (Lipinski definition) is 14. The highest BCUT2D eigenvalue weighted by Gasteiger charge is 2.52. The van der Waals surface area contributed by atoms with Gasteiger partial charge in [-0.2, -0.15) is 5.26 Å². The van der Waals surface area contributed by atoms with Crippen LogP contribution < -0.4 is 5.32 Å². The van der Waals surface area contributed by atoms with Gasteiger partial charge in [0.05, 0.1) is 22.7 Å². The zero-order valence-corrected chi connectivity index (χ0v) is 21.0. The van der Waals surface area contributed by atoms with Gasteiger partial charge in [-0.3, -0.25) is 24.0 Å². The molecule has 1 aliphatic rings. The summed E-state index contributed by atoms with van der Waals surface area (Å²) >= 11 is 0.872. The molecule has 5 atom stereocenters. The first-order valence-electron chi connectivity index (χ1n) is 13.8. The second-order valence-corrected chi connectivity index (χ2v) is 8.86. The molecule has 14 heteroatoms. The van der Waals surface area contributed by atoms with Crippen LogP contribution in [-0.2, 0) is 42.9 Å². The molecular weight excluding hydrogens is 534 g/mol. The fourth-order valence-electron chi connectivity index (χ4n) is 3.61. The van der Waals surface area contributed by atoms with Crippen LogP contribution in [0.4, 0.5) is 5.13 Å². The molecule has 0 saturated carbocycles. The predicted octanol–water partition coefficient (Wildman–Crippen LogP) is 1.74. The summed E-state index contributed by atoms with van der Waals surface area (Å²) in [6.07, 6.45) is -6.52. The van der Waals surface area contributed by atoms with Crippen LogP contribution >= 0.6 is 11.3 Å². The number of ether oxygens (including phenoxy) is 5. The number of aromatic nitrogens is 1. The SMILES string of the molecule is [2H]CC(=O)OC[C@H]1OC(Nc2ncc(C(=O)c3ccc(C#N)cc3)s2)[C@@H](OC(=O)C[2H])[C@@H](OC(=O)C[2H])[C@@H]1OC(=O)C[2H]. The van der Waals surface area contributed by atoms with Crippen molar-refractivity contribution in [3.05, 3.63) is 46.5 Å². The molecule has 1 aromatic carbocycles. The first-order valence-corrected chi connectivity index (χ1v) is 11.8. The Morgan fingerprint density at radius 1 is 0.974 bits per heavy atom. The highest BCUT2D eigenvalue weighted by Crippen LogP contribution is 2.31. The van der Waals surface area contributed by atoms with Gasteiger partial charge < -0.3 is 29.0 Å². The van der Waals surface area contributed by atoms with Crippen molar-refractivity contribution in [3.63, 3.8) is 0 Å². The molecule has 1 N–H and O–H groups in total. The third kappa shape index (κ3) is 7.82. The number of thiazole rings is 1. The van der Waals surface area contributed by atoms with E-state index in [-0.39, 0.29) is 15.6 Å². The Balaban J connectivity index is 1.97. The fraction of sp³-hybridized carbons (Fsp3) is 0.400. The Labute approximate surface area is 232 Å². The van der Waals surface area contributed by atoms with E-state index in [9.17, 15) is 24.0 Å². The fourth-order valence-corrected chi connectivity index (χ4v) is 4.41. The van der Waals surface area contributed by atoms with E-state index in [1.807, 2.05) is 6.07 Å². The van der Waals surface area contributed by atoms with Gasteiger partial charge in [0.25, 0.3) is 0 Å². The topological polar surface area (TPSA) is 180 Å². The Morgan fingerprint density at radius 2 is 1.59 bits per heavy atom. The van der Waals surface area contributed by atoms with Gasteiger partial charge in [-0.15, -0.1) is 0 Å². The van der Waals surface area contributed by atoms with Crippen LogP contribution in [0.25, 0.3) is 0 Å². The van der Waals surface area contributed by atoms with Crippen LogP contribution in [0.15, 0.2) is 30.5 Å². The van der Waals surface area contributed by atoms with Gasteiger partial charge in [0.2, 0.25) is 5.78 Å². The van der Waals surface area contributed by atoms with Crippen LogP contribution in [0, 0.1) is 11.3 Å². The van der Waals surface area contributed by atoms with Crippen molar-refractivity contribution in [2.45, 2.75) is 58.2 Å². The molecule has 0 spiro atoms. The molecule has 3 rings (SSSR count). The zero-order chi connectivity index (χ0) is 31.5. The van der Waals surface area contributed by atoms with Crippen molar-refractivity contribution in [1.29, 1.82) is 5.26 Å². The number of benzene rings is 1. The highest BCUT2D eigenvalue weighted by atomic mass is 32.1. The quantitative estimate of drug-likeness (QED) is 0.265. The van der Waals surface area contributed by atoms with E-state index < -0.39 is 94.5 Å². The monoisotopic (exact) mass is 563 g/mol. The predicted molar refractivity (Wildman–Crippen MR) is 132 cm³/mol. The average molecular weight is 564 g/mol. The molecule has 39 heavy (non-hydrogen) atoms. The molecule has 0 amide bonds. The Kier molecular flexibility index (Phi) is 7.88. The number of rotatable bonds is 9. The van der Waals surface area contributed by atoms with E-state index >= 15 is 0 Å². The van der Waals surface area contributed by atoms with Crippen molar-refractivity contribution in [1.82, 2.24) is 4.98 Å². The molecule has 2 heterocycles. The van der Waals surface area contributed by atoms with Crippen molar-refractivity contribution >= 4 is 46.1 Å². The molecule has 13 nitrogen and oxygen atoms in total. The lowest BCUT2D eigenvalue weighted by Crippen LogP contribution is -2.64. The summed E-state index contributed by atoms with van der Waals surface area (Å²) in [5.74, 6) is -4.68. The zero-order valence-electron chi connectivity index (χ0n) is 24.2. The third-order valence-corrected chi connectivity index (χ3v) is 6.04. The van der Waals surface area contributed by atoms with Crippen LogP contribution in [0.1, 0.15) is 53.9 Å². The number of nitriles is 1. The maximum Gasteiger partial charge on any atom is 0.303 e. The first kappa shape index (κ1) is 23.7. The molecule has 0 bridgehead atoms. The van der Waals surface area contributed by atoms with E-state index in [0.717, 1.165) is 11.3 Å². The molecule has 1 saturated heterocycles. The lowest BCUT2D eigenvalue weighted by Gasteiger charge is -2.44. The van der Waals surface area contributed by atoms with Crippen LogP contribution in [-0.4, -0.2) is 71.9 Å². The number of ketones is 1. The highest BCUT2D eigenvalue weighted by molar-refractivity contribution is 7.17. The summed E-state index contributed by atoms with van der Waals surface area (Å²) in [6.45, 7) is -3.96. The normalized spacial score (nSPS) is 23.4. The summed E-state index contributed by atoms with van der Waals surface area (Å²) < 4.78 is 56.0. The molecule has 2 aromatic rings. The summed E-state index contributed by atoms with van der Waals surface area (Å²) in [6, 6.07) is 7.85. The van der Waals surface area contributed by atoms with Gasteiger partial charge in [0, 0.05) is 38.6 Å². The van der Waals surface area contributed by atoms with Gasteiger partial charge >= 0.3 is 23.9 Å². The number of hydrogen-bond donors (Lipinski definition) is 1. The minimum absolute atomic E-state index is 0.0583. The van der Waals surface area contributed by atoms with Crippen LogP contribution in [0.2, 0.25) is 0 Å². The maximum absolute atomic E-state index is 12.9. The number of carbonyl (C=O) groups is 5. The van der Waals surface area contributed by atoms with Crippen molar-refractivity contribution in [2.24, 2.45) is 0 Å². The number of nitrogens with zero attached hydrogens (tertiary/aromatic N) is 2. The molecule has 1 fully saturated rings. The van der Waals surface area contributed by atoms with E-state index in [0.29, 0.717) is 5.56 Å². The molecular formula is C25H25N3O10S. The van der Waals surface area contributed by atoms with E-state index in [1.165, 1.54) is 30.5 Å². The second-order valence-electron chi connectivity index (χ2n) is 7.83. The molecule has 1 aromatic heterocycles. The summed E-state index contributed by atoms with van der Waals surface area (Å²) in [5, 5.41) is 11.8. The average Bonchev–Trinajstić information content (AvgIpc) is 3.50. The largest absolute Gasteiger partial charge is 0.463 e. The molecule has 0 aliphatic carbocycles. The third-order valence-electron chi connectivity index (χ3n) is 5.12. The smallest absolute Gasteiger partial charge is 0.303 e. The Morgan fingerprint density at radius 3 is 2.21 bits per heavy atom. The second kappa shape index (κ2) is 12.9. The van der Waals surface area contributed by atoms with Gasteiger partial charge in [-0.25, -0.2) is 4.98 Å². The standard InChI is InChI=1S/C25H25N3O10S/c1-12(29)34-11-18-21(35-13(2)30)22(36-14(3)31)23(37-15(4)32)24(38-18)28-25-27-10-19(39-25)20(33)17-7-5-16(9-26)6-8-17/h5-8,10,18,21-24H,11H2,1-4H3,(H,27,28)/t18-,21-,22+,23+,24?/m1/s1/i1D,2D,3D,4D. The van der Waals surface area contributed by atoms with Crippen molar-refractivity contribution < 1.29 is 53.1 Å². The van der Waals surface area contributed by atoms with Gasteiger partial charge in [-0.05, 0) is 24.3 Å². The molecule has 1 unspecified atom stereocenters. The minimum atomic E-state index is -1.67. The number of nitrogens with one attached hydrogen (secondary N) is 1. The minimum Gasteiger partial charge on any atom is -0.463 e. The number of carbonyl (C=O) groups excluding carboxylic acids is 5. The van der Waals surface area contributed by atoms with Crippen molar-refractivity contribution in [2.75, 3.05) is 11.9 Å². The lowest BCUT2D eigenvalue weighted by atomic mass is 9.97.